The first-order chi connectivity index (χ1) is 16.2. The topological polar surface area (TPSA) is 84.9 Å². The van der Waals surface area contributed by atoms with E-state index in [2.05, 4.69) is 19.8 Å². The number of hydrogen-bond donors (Lipinski definition) is 0. The van der Waals surface area contributed by atoms with Gasteiger partial charge in [-0.25, -0.2) is 9.97 Å². The van der Waals surface area contributed by atoms with Gasteiger partial charge in [0.15, 0.2) is 5.78 Å². The largest absolute Gasteiger partial charge is 0.378 e. The minimum atomic E-state index is -0.196. The zero-order chi connectivity index (χ0) is 22.9. The highest BCUT2D eigenvalue weighted by atomic mass is 16.5. The lowest BCUT2D eigenvalue weighted by molar-refractivity contribution is -0.124. The van der Waals surface area contributed by atoms with Crippen LogP contribution in [-0.2, 0) is 25.5 Å². The molecule has 2 saturated heterocycles. The van der Waals surface area contributed by atoms with Gasteiger partial charge in [0.1, 0.15) is 17.4 Å². The lowest BCUT2D eigenvalue weighted by Gasteiger charge is -2.27. The van der Waals surface area contributed by atoms with Crippen LogP contribution in [0.3, 0.4) is 0 Å². The van der Waals surface area contributed by atoms with Crippen molar-refractivity contribution in [1.29, 1.82) is 0 Å². The van der Waals surface area contributed by atoms with Gasteiger partial charge in [0, 0.05) is 45.0 Å². The predicted molar refractivity (Wildman–Crippen MR) is 127 cm³/mol. The Morgan fingerprint density at radius 1 is 0.848 bits per heavy atom. The van der Waals surface area contributed by atoms with Crippen LogP contribution < -0.4 is 9.80 Å². The second-order valence-corrected chi connectivity index (χ2v) is 8.19. The van der Waals surface area contributed by atoms with Crippen molar-refractivity contribution in [3.05, 3.63) is 53.9 Å². The molecule has 0 aliphatic carbocycles. The van der Waals surface area contributed by atoms with E-state index in [0.717, 1.165) is 62.2 Å². The van der Waals surface area contributed by atoms with Crippen molar-refractivity contribution in [1.82, 2.24) is 9.97 Å². The van der Waals surface area contributed by atoms with Crippen molar-refractivity contribution >= 4 is 29.3 Å². The van der Waals surface area contributed by atoms with Crippen molar-refractivity contribution < 1.29 is 19.1 Å². The van der Waals surface area contributed by atoms with E-state index < -0.39 is 0 Å². The number of ether oxygens (including phenoxy) is 2. The van der Waals surface area contributed by atoms with Crippen molar-refractivity contribution in [2.24, 2.45) is 0 Å². The maximum absolute atomic E-state index is 12.2. The third-order valence-electron chi connectivity index (χ3n) is 5.78. The number of Topliss-reactive ketones (excluding diaryl/α,β-unsaturated/α-hetero) is 1. The zero-order valence-electron chi connectivity index (χ0n) is 18.8. The maximum Gasteiger partial charge on any atom is 0.163 e. The number of hydrogen-bond acceptors (Lipinski definition) is 8. The number of aryl methyl sites for hydroxylation is 1. The van der Waals surface area contributed by atoms with E-state index in [9.17, 15) is 9.59 Å². The van der Waals surface area contributed by atoms with Gasteiger partial charge in [-0.3, -0.25) is 9.59 Å². The molecule has 0 N–H and O–H groups in total. The molecule has 8 nitrogen and oxygen atoms in total. The van der Waals surface area contributed by atoms with E-state index in [1.165, 1.54) is 6.08 Å². The van der Waals surface area contributed by atoms with E-state index in [1.807, 2.05) is 30.5 Å². The molecule has 0 amide bonds. The van der Waals surface area contributed by atoms with Gasteiger partial charge < -0.3 is 19.3 Å². The summed E-state index contributed by atoms with van der Waals surface area (Å²) >= 11 is 0. The monoisotopic (exact) mass is 450 g/mol. The van der Waals surface area contributed by atoms with Crippen LogP contribution >= 0.6 is 0 Å². The molecule has 0 saturated carbocycles. The van der Waals surface area contributed by atoms with Crippen molar-refractivity contribution in [2.75, 3.05) is 62.4 Å². The summed E-state index contributed by atoms with van der Waals surface area (Å²) in [4.78, 5) is 37.8. The summed E-state index contributed by atoms with van der Waals surface area (Å²) in [6.07, 6.45) is 7.54. The number of allylic oxidation sites excluding steroid dienone is 1. The molecule has 8 heteroatoms. The van der Waals surface area contributed by atoms with Gasteiger partial charge in [-0.1, -0.05) is 6.07 Å². The van der Waals surface area contributed by atoms with Gasteiger partial charge in [-0.15, -0.1) is 0 Å². The zero-order valence-corrected chi connectivity index (χ0v) is 18.8. The number of pyridine rings is 2. The standard InChI is InChI=1S/C25H30N4O4/c30-22(5-1-20-3-7-24(26-18-20)28-9-13-32-14-10-28)17-23(31)6-2-21-4-8-25(27-19-21)29-11-15-33-16-12-29/h1,3-5,7-8,18-19H,2,6,9-17H2/b5-1+. The fourth-order valence-corrected chi connectivity index (χ4v) is 3.83. The number of nitrogens with zero attached hydrogens (tertiary/aromatic N) is 4. The number of carbonyl (C=O) groups excluding carboxylic acids is 2. The second-order valence-electron chi connectivity index (χ2n) is 8.19. The number of anilines is 2. The lowest BCUT2D eigenvalue weighted by atomic mass is 10.1. The fourth-order valence-electron chi connectivity index (χ4n) is 3.83. The highest BCUT2D eigenvalue weighted by molar-refractivity contribution is 6.06. The van der Waals surface area contributed by atoms with E-state index in [-0.39, 0.29) is 18.0 Å². The minimum absolute atomic E-state index is 0.0669. The molecule has 4 heterocycles. The third kappa shape index (κ3) is 6.94. The molecule has 2 aliphatic heterocycles. The number of rotatable bonds is 9. The summed E-state index contributed by atoms with van der Waals surface area (Å²) in [7, 11) is 0. The average molecular weight is 451 g/mol. The molecule has 0 unspecified atom stereocenters. The molecule has 33 heavy (non-hydrogen) atoms. The van der Waals surface area contributed by atoms with Gasteiger partial charge in [0.05, 0.1) is 32.8 Å². The Hall–Kier alpha value is -3.10. The summed E-state index contributed by atoms with van der Waals surface area (Å²) < 4.78 is 10.7. The molecule has 0 atom stereocenters. The van der Waals surface area contributed by atoms with E-state index in [4.69, 9.17) is 9.47 Å². The number of morpholine rings is 2. The molecule has 0 bridgehead atoms. The lowest BCUT2D eigenvalue weighted by Crippen LogP contribution is -2.36. The highest BCUT2D eigenvalue weighted by Gasteiger charge is 2.13. The van der Waals surface area contributed by atoms with Crippen molar-refractivity contribution in [2.45, 2.75) is 19.3 Å². The first-order valence-corrected chi connectivity index (χ1v) is 11.5. The third-order valence-corrected chi connectivity index (χ3v) is 5.78. The normalized spacial score (nSPS) is 16.8. The van der Waals surface area contributed by atoms with Crippen LogP contribution in [0.25, 0.3) is 6.08 Å². The van der Waals surface area contributed by atoms with E-state index >= 15 is 0 Å². The first kappa shape index (κ1) is 23.1. The molecule has 2 aliphatic rings. The quantitative estimate of drug-likeness (QED) is 0.425. The van der Waals surface area contributed by atoms with Gasteiger partial charge in [-0.2, -0.15) is 0 Å². The molecular weight excluding hydrogens is 420 g/mol. The number of ketones is 2. The Balaban J connectivity index is 1.20. The van der Waals surface area contributed by atoms with Crippen molar-refractivity contribution in [3.8, 4) is 0 Å². The van der Waals surface area contributed by atoms with Crippen LogP contribution in [0.1, 0.15) is 24.0 Å². The fraction of sp³-hybridized carbons (Fsp3) is 0.440. The molecule has 2 fully saturated rings. The van der Waals surface area contributed by atoms with E-state index in [1.54, 1.807) is 12.3 Å². The smallest absolute Gasteiger partial charge is 0.163 e. The average Bonchev–Trinajstić information content (AvgIpc) is 2.88. The van der Waals surface area contributed by atoms with Gasteiger partial charge in [0.2, 0.25) is 0 Å². The molecular formula is C25H30N4O4. The Labute approximate surface area is 194 Å². The van der Waals surface area contributed by atoms with Crippen LogP contribution in [0.15, 0.2) is 42.7 Å². The van der Waals surface area contributed by atoms with Crippen LogP contribution in [0, 0.1) is 0 Å². The molecule has 2 aromatic rings. The molecule has 4 rings (SSSR count). The molecule has 174 valence electrons. The van der Waals surface area contributed by atoms with Crippen molar-refractivity contribution in [3.63, 3.8) is 0 Å². The van der Waals surface area contributed by atoms with Crippen LogP contribution in [0.5, 0.6) is 0 Å². The summed E-state index contributed by atoms with van der Waals surface area (Å²) in [5.74, 6) is 1.58. The van der Waals surface area contributed by atoms with Crippen LogP contribution in [0.4, 0.5) is 11.6 Å². The molecule has 2 aromatic heterocycles. The van der Waals surface area contributed by atoms with Crippen LogP contribution in [0.2, 0.25) is 0 Å². The Bertz CT molecular complexity index is 947. The molecule has 0 aromatic carbocycles. The maximum atomic E-state index is 12.2. The highest BCUT2D eigenvalue weighted by Crippen LogP contribution is 2.15. The van der Waals surface area contributed by atoms with Gasteiger partial charge in [-0.05, 0) is 47.9 Å². The molecule has 0 radical (unpaired) electrons. The summed E-state index contributed by atoms with van der Waals surface area (Å²) in [5, 5.41) is 0. The minimum Gasteiger partial charge on any atom is -0.378 e. The SMILES string of the molecule is O=C(/C=C/c1ccc(N2CCOCC2)nc1)CC(=O)CCc1ccc(N2CCOCC2)nc1. The van der Waals surface area contributed by atoms with Gasteiger partial charge >= 0.3 is 0 Å². The summed E-state index contributed by atoms with van der Waals surface area (Å²) in [6.45, 7) is 6.20. The van der Waals surface area contributed by atoms with Gasteiger partial charge in [0.25, 0.3) is 0 Å². The second kappa shape index (κ2) is 11.7. The Kier molecular flexibility index (Phi) is 8.16. The number of aromatic nitrogens is 2. The number of carbonyl (C=O) groups is 2. The predicted octanol–water partition coefficient (Wildman–Crippen LogP) is 2.32. The van der Waals surface area contributed by atoms with E-state index in [0.29, 0.717) is 26.1 Å². The Morgan fingerprint density at radius 3 is 2.00 bits per heavy atom. The van der Waals surface area contributed by atoms with Crippen LogP contribution in [-0.4, -0.2) is 74.1 Å². The summed E-state index contributed by atoms with van der Waals surface area (Å²) in [6, 6.07) is 7.85. The molecule has 0 spiro atoms. The summed E-state index contributed by atoms with van der Waals surface area (Å²) in [5.41, 5.74) is 1.83. The Morgan fingerprint density at radius 2 is 1.45 bits per heavy atom. The first-order valence-electron chi connectivity index (χ1n) is 11.5.